The van der Waals surface area contributed by atoms with Crippen molar-refractivity contribution in [1.29, 1.82) is 0 Å². The molecule has 1 aromatic carbocycles. The Morgan fingerprint density at radius 2 is 1.97 bits per heavy atom. The Morgan fingerprint density at radius 1 is 1.19 bits per heavy atom. The van der Waals surface area contributed by atoms with Crippen molar-refractivity contribution in [1.82, 2.24) is 24.8 Å². The molecular weight excluding hydrogens is 414 g/mol. The standard InChI is InChI=1S/C17H13N5O6.CH2O2/c23-16-11-6-10(17(24)25)19-22(11)4-3-21(16)7-14-18-15(28-20-14)9-1-2-12-13(5-9)27-8-26-12;2-1-3/h1-2,5-6H,3-4,7-8H2,(H,24,25);1H,(H,2,3). The Hall–Kier alpha value is -4.42. The minimum atomic E-state index is -1.17. The van der Waals surface area contributed by atoms with E-state index in [-0.39, 0.29) is 37.1 Å². The number of rotatable bonds is 4. The Bertz CT molecular complexity index is 1150. The number of amides is 1. The fourth-order valence-corrected chi connectivity index (χ4v) is 3.13. The zero-order chi connectivity index (χ0) is 22.0. The summed E-state index contributed by atoms with van der Waals surface area (Å²) in [5, 5.41) is 23.8. The fourth-order valence-electron chi connectivity index (χ4n) is 3.13. The normalized spacial score (nSPS) is 13.9. The number of carboxylic acid groups (broad SMARTS) is 2. The van der Waals surface area contributed by atoms with Gasteiger partial charge in [0.15, 0.2) is 23.0 Å². The molecule has 0 saturated carbocycles. The second kappa shape index (κ2) is 8.14. The van der Waals surface area contributed by atoms with Gasteiger partial charge in [0.25, 0.3) is 18.3 Å². The molecule has 31 heavy (non-hydrogen) atoms. The summed E-state index contributed by atoms with van der Waals surface area (Å²) < 4.78 is 17.3. The maximum Gasteiger partial charge on any atom is 0.356 e. The molecule has 160 valence electrons. The molecule has 0 fully saturated rings. The molecule has 2 N–H and O–H groups in total. The second-order valence-electron chi connectivity index (χ2n) is 6.36. The van der Waals surface area contributed by atoms with Crippen molar-refractivity contribution in [3.05, 3.63) is 41.5 Å². The van der Waals surface area contributed by atoms with E-state index in [9.17, 15) is 9.59 Å². The van der Waals surface area contributed by atoms with Crippen LogP contribution in [0.15, 0.2) is 28.8 Å². The van der Waals surface area contributed by atoms with Crippen LogP contribution in [-0.2, 0) is 17.9 Å². The molecule has 13 heteroatoms. The van der Waals surface area contributed by atoms with Crippen molar-refractivity contribution >= 4 is 18.3 Å². The van der Waals surface area contributed by atoms with Crippen molar-refractivity contribution in [3.8, 4) is 23.0 Å². The van der Waals surface area contributed by atoms with Crippen LogP contribution >= 0.6 is 0 Å². The van der Waals surface area contributed by atoms with Gasteiger partial charge >= 0.3 is 5.97 Å². The van der Waals surface area contributed by atoms with Crippen LogP contribution in [0.5, 0.6) is 11.5 Å². The van der Waals surface area contributed by atoms with E-state index in [4.69, 9.17) is 29.0 Å². The number of carbonyl (C=O) groups is 3. The number of fused-ring (bicyclic) bond motifs is 2. The van der Waals surface area contributed by atoms with Gasteiger partial charge in [0.2, 0.25) is 6.79 Å². The van der Waals surface area contributed by atoms with Gasteiger partial charge in [0, 0.05) is 18.2 Å². The number of aromatic carboxylic acids is 1. The van der Waals surface area contributed by atoms with Crippen LogP contribution in [0.2, 0.25) is 0 Å². The lowest BCUT2D eigenvalue weighted by molar-refractivity contribution is -0.122. The summed E-state index contributed by atoms with van der Waals surface area (Å²) in [6.45, 7) is 0.813. The summed E-state index contributed by atoms with van der Waals surface area (Å²) >= 11 is 0. The van der Waals surface area contributed by atoms with Gasteiger partial charge in [-0.1, -0.05) is 5.16 Å². The van der Waals surface area contributed by atoms with Gasteiger partial charge in [-0.25, -0.2) is 4.79 Å². The van der Waals surface area contributed by atoms with E-state index in [0.29, 0.717) is 41.9 Å². The van der Waals surface area contributed by atoms with Gasteiger partial charge in [-0.15, -0.1) is 0 Å². The van der Waals surface area contributed by atoms with E-state index in [2.05, 4.69) is 15.2 Å². The molecule has 1 amide bonds. The van der Waals surface area contributed by atoms with E-state index in [1.807, 2.05) is 0 Å². The van der Waals surface area contributed by atoms with Gasteiger partial charge in [0.1, 0.15) is 5.69 Å². The minimum Gasteiger partial charge on any atom is -0.483 e. The summed E-state index contributed by atoms with van der Waals surface area (Å²) in [5.41, 5.74) is 0.746. The van der Waals surface area contributed by atoms with Crippen LogP contribution in [0.25, 0.3) is 11.5 Å². The SMILES string of the molecule is O=C(O)c1cc2n(n1)CCN(Cc1noc(-c3ccc4c(c3)OCO4)n1)C2=O.O=CO. The number of carboxylic acids is 1. The summed E-state index contributed by atoms with van der Waals surface area (Å²) in [6, 6.07) is 6.56. The molecule has 13 nitrogen and oxygen atoms in total. The third-order valence-corrected chi connectivity index (χ3v) is 4.51. The summed E-state index contributed by atoms with van der Waals surface area (Å²) in [4.78, 5) is 37.9. The first kappa shape index (κ1) is 19.9. The molecular formula is C18H15N5O8. The summed E-state index contributed by atoms with van der Waals surface area (Å²) in [6.07, 6.45) is 0. The molecule has 5 rings (SSSR count). The van der Waals surface area contributed by atoms with Crippen LogP contribution in [0.1, 0.15) is 26.8 Å². The molecule has 2 aliphatic heterocycles. The predicted octanol–water partition coefficient (Wildman–Crippen LogP) is 0.717. The third-order valence-electron chi connectivity index (χ3n) is 4.51. The molecule has 0 radical (unpaired) electrons. The Balaban J connectivity index is 0.000000730. The molecule has 0 saturated heterocycles. The van der Waals surface area contributed by atoms with Gasteiger partial charge < -0.3 is 29.1 Å². The third kappa shape index (κ3) is 3.88. The van der Waals surface area contributed by atoms with Gasteiger partial charge in [-0.2, -0.15) is 10.1 Å². The molecule has 0 unspecified atom stereocenters. The first-order valence-electron chi connectivity index (χ1n) is 8.91. The number of carbonyl (C=O) groups excluding carboxylic acids is 1. The van der Waals surface area contributed by atoms with Crippen LogP contribution < -0.4 is 9.47 Å². The lowest BCUT2D eigenvalue weighted by Crippen LogP contribution is -2.40. The highest BCUT2D eigenvalue weighted by atomic mass is 16.7. The number of hydrogen-bond donors (Lipinski definition) is 2. The lowest BCUT2D eigenvalue weighted by atomic mass is 10.2. The second-order valence-corrected chi connectivity index (χ2v) is 6.36. The zero-order valence-electron chi connectivity index (χ0n) is 15.8. The molecule has 3 aromatic rings. The quantitative estimate of drug-likeness (QED) is 0.560. The smallest absolute Gasteiger partial charge is 0.356 e. The van der Waals surface area contributed by atoms with Crippen molar-refractivity contribution in [2.24, 2.45) is 0 Å². The predicted molar refractivity (Wildman–Crippen MR) is 98.5 cm³/mol. The molecule has 0 aliphatic carbocycles. The van der Waals surface area contributed by atoms with Crippen LogP contribution in [0, 0.1) is 0 Å². The molecule has 2 aliphatic rings. The number of benzene rings is 1. The number of ether oxygens (including phenoxy) is 2. The molecule has 0 atom stereocenters. The van der Waals surface area contributed by atoms with Crippen molar-refractivity contribution in [2.75, 3.05) is 13.3 Å². The summed E-state index contributed by atoms with van der Waals surface area (Å²) in [5.74, 6) is 0.391. The highest BCUT2D eigenvalue weighted by Gasteiger charge is 2.29. The monoisotopic (exact) mass is 429 g/mol. The molecule has 4 heterocycles. The van der Waals surface area contributed by atoms with E-state index >= 15 is 0 Å². The van der Waals surface area contributed by atoms with E-state index in [1.165, 1.54) is 15.6 Å². The van der Waals surface area contributed by atoms with Crippen LogP contribution in [0.4, 0.5) is 0 Å². The lowest BCUT2D eigenvalue weighted by Gasteiger charge is -2.26. The first-order valence-corrected chi connectivity index (χ1v) is 8.91. The topological polar surface area (TPSA) is 170 Å². The fraction of sp³-hybridized carbons (Fsp3) is 0.222. The Labute approximate surface area is 173 Å². The molecule has 0 bridgehead atoms. The van der Waals surface area contributed by atoms with Gasteiger partial charge in [-0.05, 0) is 18.2 Å². The van der Waals surface area contributed by atoms with Gasteiger partial charge in [-0.3, -0.25) is 14.3 Å². The van der Waals surface area contributed by atoms with Crippen molar-refractivity contribution in [3.63, 3.8) is 0 Å². The molecule has 0 spiro atoms. The summed E-state index contributed by atoms with van der Waals surface area (Å²) in [7, 11) is 0. The highest BCUT2D eigenvalue weighted by molar-refractivity contribution is 5.96. The van der Waals surface area contributed by atoms with E-state index in [0.717, 1.165) is 0 Å². The van der Waals surface area contributed by atoms with Crippen LogP contribution in [-0.4, -0.2) is 66.7 Å². The van der Waals surface area contributed by atoms with Gasteiger partial charge in [0.05, 0.1) is 13.1 Å². The Kier molecular flexibility index (Phi) is 5.22. The zero-order valence-corrected chi connectivity index (χ0v) is 15.8. The number of nitrogens with zero attached hydrogens (tertiary/aromatic N) is 5. The maximum atomic E-state index is 12.6. The number of aromatic nitrogens is 4. The van der Waals surface area contributed by atoms with Crippen LogP contribution in [0.3, 0.4) is 0 Å². The van der Waals surface area contributed by atoms with E-state index < -0.39 is 5.97 Å². The average molecular weight is 429 g/mol. The Morgan fingerprint density at radius 3 is 2.74 bits per heavy atom. The largest absolute Gasteiger partial charge is 0.483 e. The molecule has 2 aromatic heterocycles. The maximum absolute atomic E-state index is 12.6. The number of hydrogen-bond acceptors (Lipinski definition) is 9. The highest BCUT2D eigenvalue weighted by Crippen LogP contribution is 2.35. The van der Waals surface area contributed by atoms with E-state index in [1.54, 1.807) is 18.2 Å². The minimum absolute atomic E-state index is 0.139. The first-order chi connectivity index (χ1) is 15.0. The average Bonchev–Trinajstić information content (AvgIpc) is 3.49. The van der Waals surface area contributed by atoms with Crippen molar-refractivity contribution in [2.45, 2.75) is 13.1 Å². The van der Waals surface area contributed by atoms with Crippen molar-refractivity contribution < 1.29 is 38.6 Å².